The van der Waals surface area contributed by atoms with E-state index >= 15 is 0 Å². The average Bonchev–Trinajstić information content (AvgIpc) is 2.25. The van der Waals surface area contributed by atoms with Crippen molar-refractivity contribution in [2.75, 3.05) is 0 Å². The van der Waals surface area contributed by atoms with Gasteiger partial charge in [-0.25, -0.2) is 9.59 Å². The first-order chi connectivity index (χ1) is 8.00. The number of hydrogen-bond acceptors (Lipinski definition) is 3. The van der Waals surface area contributed by atoms with Crippen molar-refractivity contribution in [2.45, 2.75) is 6.92 Å². The van der Waals surface area contributed by atoms with Crippen LogP contribution in [0.5, 0.6) is 0 Å². The Hall–Kier alpha value is -0.430. The van der Waals surface area contributed by atoms with Crippen LogP contribution in [-0.2, 0) is 9.59 Å². The summed E-state index contributed by atoms with van der Waals surface area (Å²) in [7, 11) is 0. The van der Waals surface area contributed by atoms with Crippen LogP contribution in [-0.4, -0.2) is 27.1 Å². The van der Waals surface area contributed by atoms with Crippen molar-refractivity contribution in [3.05, 3.63) is 47.3 Å². The van der Waals surface area contributed by atoms with Crippen molar-refractivity contribution in [3.8, 4) is 0 Å². The van der Waals surface area contributed by atoms with Gasteiger partial charge < -0.3 is 10.2 Å². The Kier molecular flexibility index (Phi) is 11.4. The first kappa shape index (κ1) is 20.9. The van der Waals surface area contributed by atoms with Crippen LogP contribution < -0.4 is 59.1 Å². The molecule has 0 aliphatic heterocycles. The topological polar surface area (TPSA) is 87.5 Å². The third kappa shape index (κ3) is 7.67. The first-order valence-electron chi connectivity index (χ1n) is 4.77. The van der Waals surface area contributed by atoms with Crippen molar-refractivity contribution >= 4 is 18.0 Å². The molecule has 1 heterocycles. The normalized spacial score (nSPS) is 11.0. The Morgan fingerprint density at radius 1 is 1.16 bits per heavy atom. The van der Waals surface area contributed by atoms with E-state index in [0.717, 1.165) is 6.08 Å². The minimum Gasteiger partial charge on any atom is -0.478 e. The van der Waals surface area contributed by atoms with Crippen LogP contribution >= 0.6 is 0 Å². The van der Waals surface area contributed by atoms with Crippen molar-refractivity contribution in [3.63, 3.8) is 0 Å². The second-order valence-corrected chi connectivity index (χ2v) is 3.31. The van der Waals surface area contributed by atoms with Crippen LogP contribution in [0.1, 0.15) is 12.5 Å². The monoisotopic (exact) mass is 279 g/mol. The maximum atomic E-state index is 11.0. The Morgan fingerprint density at radius 2 is 1.68 bits per heavy atom. The summed E-state index contributed by atoms with van der Waals surface area (Å²) in [6.45, 7) is 1.44. The third-order valence-electron chi connectivity index (χ3n) is 2.01. The van der Waals surface area contributed by atoms with Gasteiger partial charge in [-0.2, -0.15) is 0 Å². The summed E-state index contributed by atoms with van der Waals surface area (Å²) in [5.41, 5.74) is 0.774. The minimum absolute atomic E-state index is 0. The van der Waals surface area contributed by atoms with Crippen molar-refractivity contribution in [1.82, 2.24) is 4.98 Å². The van der Waals surface area contributed by atoms with E-state index in [1.54, 1.807) is 12.1 Å². The molecule has 1 aromatic rings. The van der Waals surface area contributed by atoms with E-state index in [-0.39, 0.29) is 70.3 Å². The summed E-state index contributed by atoms with van der Waals surface area (Å²) in [5, 5.41) is 17.6. The molecule has 5 nitrogen and oxygen atoms in total. The zero-order valence-corrected chi connectivity index (χ0v) is 15.1. The molecule has 0 unspecified atom stereocenters. The van der Waals surface area contributed by atoms with E-state index in [1.807, 2.05) is 0 Å². The molecule has 0 bridgehead atoms. The fraction of sp³-hybridized carbons (Fsp3) is 0.0833. The van der Waals surface area contributed by atoms with Crippen molar-refractivity contribution in [2.24, 2.45) is 0 Å². The predicted molar refractivity (Wildman–Crippen MR) is 61.2 cm³/mol. The van der Waals surface area contributed by atoms with Crippen LogP contribution in [0.3, 0.4) is 0 Å². The fourth-order valence-corrected chi connectivity index (χ4v) is 1.23. The molecule has 1 rings (SSSR count). The molecule has 0 aromatic carbocycles. The molecule has 88 valence electrons. The van der Waals surface area contributed by atoms with E-state index in [0.29, 0.717) is 5.56 Å². The molecule has 0 saturated carbocycles. The number of aromatic nitrogens is 1. The van der Waals surface area contributed by atoms with Gasteiger partial charge >= 0.3 is 71.1 Å². The Labute approximate surface area is 155 Å². The van der Waals surface area contributed by atoms with Gasteiger partial charge in [0.2, 0.25) is 0 Å². The molecule has 1 aromatic heterocycles. The number of hydrogen-bond donors (Lipinski definition) is 2. The summed E-state index contributed by atoms with van der Waals surface area (Å²) >= 11 is 0. The average molecular weight is 279 g/mol. The SMILES string of the molecule is CC(=C\C(=O)O)/C(=C/c1ccncc1)C(=O)O.[Na+].[Na+]. The van der Waals surface area contributed by atoms with E-state index in [4.69, 9.17) is 10.2 Å². The molecule has 0 radical (unpaired) electrons. The Balaban J connectivity index is 0. The zero-order chi connectivity index (χ0) is 12.8. The maximum absolute atomic E-state index is 11.0. The quantitative estimate of drug-likeness (QED) is 0.330. The third-order valence-corrected chi connectivity index (χ3v) is 2.01. The van der Waals surface area contributed by atoms with Crippen LogP contribution in [0.15, 0.2) is 41.7 Å². The number of aliphatic carboxylic acids is 2. The van der Waals surface area contributed by atoms with Gasteiger partial charge in [0, 0.05) is 18.5 Å². The van der Waals surface area contributed by atoms with Gasteiger partial charge in [-0.15, -0.1) is 0 Å². The molecular formula is C12H11NNa2O4+2. The smallest absolute Gasteiger partial charge is 0.478 e. The fourth-order valence-electron chi connectivity index (χ4n) is 1.23. The molecule has 0 spiro atoms. The molecule has 7 heteroatoms. The van der Waals surface area contributed by atoms with Crippen molar-refractivity contribution in [1.29, 1.82) is 0 Å². The number of carboxylic acid groups (broad SMARTS) is 2. The van der Waals surface area contributed by atoms with Gasteiger partial charge in [0.05, 0.1) is 5.57 Å². The molecule has 0 aliphatic rings. The van der Waals surface area contributed by atoms with Gasteiger partial charge in [0.25, 0.3) is 0 Å². The van der Waals surface area contributed by atoms with Crippen LogP contribution in [0, 0.1) is 0 Å². The summed E-state index contributed by atoms with van der Waals surface area (Å²) in [6, 6.07) is 3.27. The largest absolute Gasteiger partial charge is 1.00 e. The number of carbonyl (C=O) groups is 2. The van der Waals surface area contributed by atoms with Gasteiger partial charge in [0.15, 0.2) is 0 Å². The van der Waals surface area contributed by atoms with Gasteiger partial charge in [0.1, 0.15) is 0 Å². The number of nitrogens with zero attached hydrogens (tertiary/aromatic N) is 1. The Bertz CT molecular complexity index is 498. The molecule has 2 N–H and O–H groups in total. The number of carboxylic acids is 2. The van der Waals surface area contributed by atoms with E-state index in [9.17, 15) is 9.59 Å². The maximum Gasteiger partial charge on any atom is 1.00 e. The van der Waals surface area contributed by atoms with Gasteiger partial charge in [-0.05, 0) is 36.3 Å². The van der Waals surface area contributed by atoms with E-state index in [2.05, 4.69) is 4.98 Å². The van der Waals surface area contributed by atoms with Crippen molar-refractivity contribution < 1.29 is 78.9 Å². The molecule has 0 saturated heterocycles. The summed E-state index contributed by atoms with van der Waals surface area (Å²) < 4.78 is 0. The second-order valence-electron chi connectivity index (χ2n) is 3.31. The summed E-state index contributed by atoms with van der Waals surface area (Å²) in [4.78, 5) is 25.3. The van der Waals surface area contributed by atoms with Gasteiger partial charge in [-0.1, -0.05) is 0 Å². The van der Waals surface area contributed by atoms with Crippen LogP contribution in [0.2, 0.25) is 0 Å². The second kappa shape index (κ2) is 10.4. The minimum atomic E-state index is -1.18. The first-order valence-corrected chi connectivity index (χ1v) is 4.77. The Morgan fingerprint density at radius 3 is 2.11 bits per heavy atom. The molecule has 0 aliphatic carbocycles. The van der Waals surface area contributed by atoms with Crippen LogP contribution in [0.25, 0.3) is 6.08 Å². The molecular weight excluding hydrogens is 268 g/mol. The number of rotatable bonds is 4. The number of pyridine rings is 1. The standard InChI is InChI=1S/C12H11NO4.2Na/c1-8(6-11(14)15)10(12(16)17)7-9-2-4-13-5-3-9;;/h2-7H,1H3,(H,14,15)(H,16,17);;/q;2*+1/b8-6+,10-7-;;. The molecule has 0 atom stereocenters. The van der Waals surface area contributed by atoms with E-state index < -0.39 is 11.9 Å². The molecule has 0 amide bonds. The zero-order valence-electron chi connectivity index (χ0n) is 11.1. The summed E-state index contributed by atoms with van der Waals surface area (Å²) in [6.07, 6.45) is 5.32. The van der Waals surface area contributed by atoms with E-state index in [1.165, 1.54) is 25.4 Å². The summed E-state index contributed by atoms with van der Waals surface area (Å²) in [5.74, 6) is -2.35. The molecule has 0 fully saturated rings. The predicted octanol–water partition coefficient (Wildman–Crippen LogP) is -4.41. The van der Waals surface area contributed by atoms with Gasteiger partial charge in [-0.3, -0.25) is 4.98 Å². The van der Waals surface area contributed by atoms with Crippen LogP contribution in [0.4, 0.5) is 0 Å². The molecule has 19 heavy (non-hydrogen) atoms.